The Bertz CT molecular complexity index is 596. The number of aromatic nitrogens is 1. The van der Waals surface area contributed by atoms with Crippen LogP contribution in [0.25, 0.3) is 10.9 Å². The molecule has 2 N–H and O–H groups in total. The van der Waals surface area contributed by atoms with Crippen molar-refractivity contribution in [2.75, 3.05) is 19.5 Å². The highest BCUT2D eigenvalue weighted by Crippen LogP contribution is 2.23. The van der Waals surface area contributed by atoms with Crippen LogP contribution in [0.2, 0.25) is 0 Å². The van der Waals surface area contributed by atoms with E-state index in [1.165, 1.54) is 0 Å². The Morgan fingerprint density at radius 2 is 2.17 bits per heavy atom. The molecule has 0 saturated heterocycles. The molecule has 5 nitrogen and oxygen atoms in total. The Balaban J connectivity index is 2.54. The van der Waals surface area contributed by atoms with Crippen LogP contribution in [0.3, 0.4) is 0 Å². The molecule has 0 radical (unpaired) electrons. The van der Waals surface area contributed by atoms with Gasteiger partial charge in [0.15, 0.2) is 0 Å². The number of benzene rings is 1. The van der Waals surface area contributed by atoms with E-state index in [2.05, 4.69) is 4.98 Å². The second kappa shape index (κ2) is 4.91. The molecule has 1 aromatic carbocycles. The first kappa shape index (κ1) is 12.2. The van der Waals surface area contributed by atoms with E-state index in [9.17, 15) is 4.79 Å². The van der Waals surface area contributed by atoms with Gasteiger partial charge in [-0.15, -0.1) is 0 Å². The van der Waals surface area contributed by atoms with E-state index in [0.717, 1.165) is 5.39 Å². The Labute approximate surface area is 105 Å². The molecule has 5 heteroatoms. The van der Waals surface area contributed by atoms with Crippen molar-refractivity contribution in [1.82, 2.24) is 4.98 Å². The molecule has 0 amide bonds. The van der Waals surface area contributed by atoms with Crippen molar-refractivity contribution >= 4 is 22.7 Å². The first-order valence-electron chi connectivity index (χ1n) is 5.57. The largest absolute Gasteiger partial charge is 0.497 e. The van der Waals surface area contributed by atoms with E-state index < -0.39 is 5.97 Å². The number of esters is 1. The van der Waals surface area contributed by atoms with Crippen molar-refractivity contribution in [2.45, 2.75) is 6.92 Å². The van der Waals surface area contributed by atoms with Crippen molar-refractivity contribution < 1.29 is 14.3 Å². The van der Waals surface area contributed by atoms with E-state index in [-0.39, 0.29) is 11.4 Å². The molecule has 18 heavy (non-hydrogen) atoms. The molecule has 2 aromatic rings. The summed E-state index contributed by atoms with van der Waals surface area (Å²) in [4.78, 5) is 15.9. The molecule has 0 aliphatic rings. The zero-order chi connectivity index (χ0) is 13.1. The molecule has 1 heterocycles. The number of fused-ring (bicyclic) bond motifs is 1. The number of carbonyl (C=O) groups is 1. The van der Waals surface area contributed by atoms with Crippen molar-refractivity contribution in [2.24, 2.45) is 0 Å². The minimum absolute atomic E-state index is 0.172. The van der Waals surface area contributed by atoms with E-state index in [1.807, 2.05) is 0 Å². The number of nitrogen functional groups attached to an aromatic ring is 1. The van der Waals surface area contributed by atoms with Gasteiger partial charge in [-0.25, -0.2) is 9.78 Å². The van der Waals surface area contributed by atoms with Gasteiger partial charge in [-0.2, -0.15) is 0 Å². The lowest BCUT2D eigenvalue weighted by atomic mass is 10.1. The number of carbonyl (C=O) groups excluding carboxylic acids is 1. The predicted octanol–water partition coefficient (Wildman–Crippen LogP) is 2.00. The summed E-state index contributed by atoms with van der Waals surface area (Å²) >= 11 is 0. The highest BCUT2D eigenvalue weighted by Gasteiger charge is 2.13. The number of pyridine rings is 1. The first-order chi connectivity index (χ1) is 8.65. The molecule has 0 fully saturated rings. The monoisotopic (exact) mass is 246 g/mol. The lowest BCUT2D eigenvalue weighted by Crippen LogP contribution is -2.09. The summed E-state index contributed by atoms with van der Waals surface area (Å²) in [6, 6.07) is 7.04. The molecule has 0 saturated carbocycles. The lowest BCUT2D eigenvalue weighted by molar-refractivity contribution is 0.0527. The molecule has 0 bridgehead atoms. The van der Waals surface area contributed by atoms with Crippen LogP contribution < -0.4 is 10.5 Å². The fraction of sp³-hybridized carbons (Fsp3) is 0.231. The van der Waals surface area contributed by atoms with Crippen molar-refractivity contribution in [3.8, 4) is 5.75 Å². The van der Waals surface area contributed by atoms with Crippen LogP contribution in [0.5, 0.6) is 5.75 Å². The van der Waals surface area contributed by atoms with Gasteiger partial charge in [0.25, 0.3) is 0 Å². The summed E-state index contributed by atoms with van der Waals surface area (Å²) < 4.78 is 10.0. The Morgan fingerprint density at radius 1 is 1.39 bits per heavy atom. The van der Waals surface area contributed by atoms with Gasteiger partial charge < -0.3 is 15.2 Å². The standard InChI is InChI=1S/C13H14N2O3/c1-3-18-13(16)10-7-8-6-9(17-2)4-5-11(8)15-12(10)14/h4-7H,3H2,1-2H3,(H2,14,15). The maximum atomic E-state index is 11.7. The normalized spacial score (nSPS) is 10.3. The quantitative estimate of drug-likeness (QED) is 0.838. The van der Waals surface area contributed by atoms with Crippen molar-refractivity contribution in [1.29, 1.82) is 0 Å². The number of anilines is 1. The van der Waals surface area contributed by atoms with Crippen molar-refractivity contribution in [3.05, 3.63) is 29.8 Å². The van der Waals surface area contributed by atoms with Gasteiger partial charge >= 0.3 is 5.97 Å². The molecule has 2 rings (SSSR count). The Kier molecular flexibility index (Phi) is 3.32. The van der Waals surface area contributed by atoms with E-state index in [0.29, 0.717) is 17.9 Å². The zero-order valence-corrected chi connectivity index (χ0v) is 10.3. The number of methoxy groups -OCH3 is 1. The average molecular weight is 246 g/mol. The smallest absolute Gasteiger partial charge is 0.341 e. The first-order valence-corrected chi connectivity index (χ1v) is 5.57. The molecule has 0 unspecified atom stereocenters. The highest BCUT2D eigenvalue weighted by atomic mass is 16.5. The second-order valence-electron chi connectivity index (χ2n) is 3.70. The van der Waals surface area contributed by atoms with Crippen LogP contribution >= 0.6 is 0 Å². The van der Waals surface area contributed by atoms with Crippen LogP contribution in [-0.2, 0) is 4.74 Å². The molecule has 0 aliphatic carbocycles. The summed E-state index contributed by atoms with van der Waals surface area (Å²) in [7, 11) is 1.58. The highest BCUT2D eigenvalue weighted by molar-refractivity contribution is 5.98. The molecular formula is C13H14N2O3. The number of hydrogen-bond donors (Lipinski definition) is 1. The second-order valence-corrected chi connectivity index (χ2v) is 3.70. The minimum Gasteiger partial charge on any atom is -0.497 e. The SMILES string of the molecule is CCOC(=O)c1cc2cc(OC)ccc2nc1N. The number of hydrogen-bond acceptors (Lipinski definition) is 5. The molecule has 1 aromatic heterocycles. The van der Waals surface area contributed by atoms with Crippen LogP contribution in [0.4, 0.5) is 5.82 Å². The van der Waals surface area contributed by atoms with Crippen LogP contribution in [0.1, 0.15) is 17.3 Å². The topological polar surface area (TPSA) is 74.4 Å². The van der Waals surface area contributed by atoms with Crippen LogP contribution in [-0.4, -0.2) is 24.7 Å². The summed E-state index contributed by atoms with van der Waals surface area (Å²) in [5.41, 5.74) is 6.73. The zero-order valence-electron chi connectivity index (χ0n) is 10.3. The van der Waals surface area contributed by atoms with E-state index in [1.54, 1.807) is 38.3 Å². The number of ether oxygens (including phenoxy) is 2. The van der Waals surface area contributed by atoms with Gasteiger partial charge in [0.05, 0.1) is 19.2 Å². The summed E-state index contributed by atoms with van der Waals surface area (Å²) in [5.74, 6) is 0.405. The van der Waals surface area contributed by atoms with E-state index >= 15 is 0 Å². The van der Waals surface area contributed by atoms with Gasteiger partial charge in [-0.1, -0.05) is 0 Å². The van der Waals surface area contributed by atoms with Crippen molar-refractivity contribution in [3.63, 3.8) is 0 Å². The van der Waals surface area contributed by atoms with Gasteiger partial charge in [0, 0.05) is 5.39 Å². The van der Waals surface area contributed by atoms with Gasteiger partial charge in [-0.05, 0) is 31.2 Å². The average Bonchev–Trinajstić information content (AvgIpc) is 2.37. The van der Waals surface area contributed by atoms with Crippen LogP contribution in [0, 0.1) is 0 Å². The summed E-state index contributed by atoms with van der Waals surface area (Å²) in [5, 5.41) is 0.784. The Morgan fingerprint density at radius 3 is 2.83 bits per heavy atom. The fourth-order valence-electron chi connectivity index (χ4n) is 1.67. The third-order valence-corrected chi connectivity index (χ3v) is 2.55. The fourth-order valence-corrected chi connectivity index (χ4v) is 1.67. The number of nitrogens with zero attached hydrogens (tertiary/aromatic N) is 1. The van der Waals surface area contributed by atoms with Gasteiger partial charge in [0.2, 0.25) is 0 Å². The number of rotatable bonds is 3. The third kappa shape index (κ3) is 2.20. The molecular weight excluding hydrogens is 232 g/mol. The molecule has 0 spiro atoms. The van der Waals surface area contributed by atoms with Gasteiger partial charge in [-0.3, -0.25) is 0 Å². The van der Waals surface area contributed by atoms with E-state index in [4.69, 9.17) is 15.2 Å². The summed E-state index contributed by atoms with van der Waals surface area (Å²) in [6.45, 7) is 2.04. The lowest BCUT2D eigenvalue weighted by Gasteiger charge is -2.07. The molecule has 0 atom stereocenters. The number of nitrogens with two attached hydrogens (primary N) is 1. The van der Waals surface area contributed by atoms with Crippen LogP contribution in [0.15, 0.2) is 24.3 Å². The minimum atomic E-state index is -0.466. The van der Waals surface area contributed by atoms with Gasteiger partial charge in [0.1, 0.15) is 17.1 Å². The maximum Gasteiger partial charge on any atom is 0.341 e. The summed E-state index contributed by atoms with van der Waals surface area (Å²) in [6.07, 6.45) is 0. The molecule has 94 valence electrons. The Hall–Kier alpha value is -2.30. The third-order valence-electron chi connectivity index (χ3n) is 2.55. The molecule has 0 aliphatic heterocycles. The predicted molar refractivity (Wildman–Crippen MR) is 68.7 cm³/mol. The maximum absolute atomic E-state index is 11.7.